The number of hydrogen-bond donors (Lipinski definition) is 0. The third-order valence-electron chi connectivity index (χ3n) is 4.23. The minimum Gasteiger partial charge on any atom is -0.143 e. The summed E-state index contributed by atoms with van der Waals surface area (Å²) < 4.78 is 1.14. The van der Waals surface area contributed by atoms with Gasteiger partial charge in [-0.1, -0.05) is 113 Å². The Balaban J connectivity index is 1.71. The zero-order valence-electron chi connectivity index (χ0n) is 15.3. The van der Waals surface area contributed by atoms with Gasteiger partial charge < -0.3 is 0 Å². The molecule has 0 aliphatic rings. The molecule has 0 fully saturated rings. The van der Waals surface area contributed by atoms with E-state index in [1.165, 1.54) is 95.6 Å². The molecule has 4 heteroatoms. The second kappa shape index (κ2) is 15.4. The lowest BCUT2D eigenvalue weighted by Gasteiger charge is -2.03. The van der Waals surface area contributed by atoms with Gasteiger partial charge in [-0.3, -0.25) is 0 Å². The molecule has 1 aromatic heterocycles. The highest BCUT2D eigenvalue weighted by molar-refractivity contribution is 8.01. The van der Waals surface area contributed by atoms with E-state index >= 15 is 0 Å². The fourth-order valence-electron chi connectivity index (χ4n) is 2.79. The van der Waals surface area contributed by atoms with Crippen molar-refractivity contribution in [3.63, 3.8) is 0 Å². The number of rotatable bonds is 16. The number of aromatic nitrogens is 2. The first-order valence-corrected chi connectivity index (χ1v) is 11.6. The van der Waals surface area contributed by atoms with Gasteiger partial charge in [0.2, 0.25) is 0 Å². The van der Waals surface area contributed by atoms with Crippen LogP contribution < -0.4 is 0 Å². The van der Waals surface area contributed by atoms with Crippen LogP contribution >= 0.6 is 23.1 Å². The number of thioether (sulfide) groups is 1. The zero-order chi connectivity index (χ0) is 16.6. The monoisotopic (exact) mass is 356 g/mol. The van der Waals surface area contributed by atoms with Gasteiger partial charge in [0.1, 0.15) is 5.01 Å². The Labute approximate surface area is 152 Å². The summed E-state index contributed by atoms with van der Waals surface area (Å²) in [7, 11) is 0. The highest BCUT2D eigenvalue weighted by atomic mass is 32.2. The zero-order valence-corrected chi connectivity index (χ0v) is 17.0. The Hall–Kier alpha value is -0.0900. The summed E-state index contributed by atoms with van der Waals surface area (Å²) in [6, 6.07) is 0. The molecule has 1 aromatic rings. The largest absolute Gasteiger partial charge is 0.174 e. The first-order valence-electron chi connectivity index (χ1n) is 9.76. The Morgan fingerprint density at radius 2 is 1.17 bits per heavy atom. The summed E-state index contributed by atoms with van der Waals surface area (Å²) in [5, 5.41) is 9.28. The Bertz CT molecular complexity index is 366. The quantitative estimate of drug-likeness (QED) is 0.227. The maximum Gasteiger partial charge on any atom is 0.174 e. The van der Waals surface area contributed by atoms with Gasteiger partial charge in [-0.15, -0.1) is 10.2 Å². The molecule has 1 rings (SSSR count). The molecule has 0 saturated heterocycles. The lowest BCUT2D eigenvalue weighted by atomic mass is 10.0. The SMILES string of the molecule is CCCCCCCCCCCCCCCCSc1nnc(C)s1. The minimum absolute atomic E-state index is 1.08. The van der Waals surface area contributed by atoms with Gasteiger partial charge in [0, 0.05) is 5.75 Å². The van der Waals surface area contributed by atoms with E-state index in [0.29, 0.717) is 0 Å². The van der Waals surface area contributed by atoms with Gasteiger partial charge in [0.25, 0.3) is 0 Å². The van der Waals surface area contributed by atoms with Crippen LogP contribution in [0, 0.1) is 6.92 Å². The van der Waals surface area contributed by atoms with Gasteiger partial charge >= 0.3 is 0 Å². The molecule has 134 valence electrons. The fraction of sp³-hybridized carbons (Fsp3) is 0.895. The summed E-state index contributed by atoms with van der Waals surface area (Å²) >= 11 is 3.59. The molecule has 0 spiro atoms. The van der Waals surface area contributed by atoms with Crippen molar-refractivity contribution in [2.24, 2.45) is 0 Å². The molecule has 0 atom stereocenters. The van der Waals surface area contributed by atoms with Gasteiger partial charge in [-0.25, -0.2) is 0 Å². The second-order valence-corrected chi connectivity index (χ2v) is 9.06. The van der Waals surface area contributed by atoms with Crippen molar-refractivity contribution in [2.75, 3.05) is 5.75 Å². The average Bonchev–Trinajstić information content (AvgIpc) is 2.96. The van der Waals surface area contributed by atoms with Gasteiger partial charge in [0.05, 0.1) is 0 Å². The molecular formula is C19H36N2S2. The van der Waals surface area contributed by atoms with Crippen molar-refractivity contribution in [2.45, 2.75) is 108 Å². The first kappa shape index (κ1) is 21.0. The molecule has 0 saturated carbocycles. The van der Waals surface area contributed by atoms with Crippen LogP contribution in [0.3, 0.4) is 0 Å². The lowest BCUT2D eigenvalue weighted by molar-refractivity contribution is 0.538. The molecule has 1 heterocycles. The number of unbranched alkanes of at least 4 members (excludes halogenated alkanes) is 13. The minimum atomic E-state index is 1.08. The molecule has 0 unspecified atom stereocenters. The molecule has 23 heavy (non-hydrogen) atoms. The normalized spacial score (nSPS) is 11.2. The van der Waals surface area contributed by atoms with E-state index in [1.807, 2.05) is 18.7 Å². The number of hydrogen-bond acceptors (Lipinski definition) is 4. The Morgan fingerprint density at radius 3 is 1.61 bits per heavy atom. The van der Waals surface area contributed by atoms with E-state index in [0.717, 1.165) is 9.35 Å². The molecule has 0 N–H and O–H groups in total. The smallest absolute Gasteiger partial charge is 0.143 e. The van der Waals surface area contributed by atoms with Crippen LogP contribution in [0.1, 0.15) is 102 Å². The third kappa shape index (κ3) is 12.9. The maximum atomic E-state index is 4.15. The van der Waals surface area contributed by atoms with Crippen molar-refractivity contribution in [3.8, 4) is 0 Å². The predicted molar refractivity (Wildman–Crippen MR) is 106 cm³/mol. The second-order valence-electron chi connectivity index (χ2n) is 6.53. The van der Waals surface area contributed by atoms with Crippen LogP contribution in [0.25, 0.3) is 0 Å². The van der Waals surface area contributed by atoms with Crippen molar-refractivity contribution < 1.29 is 0 Å². The van der Waals surface area contributed by atoms with Crippen molar-refractivity contribution in [1.82, 2.24) is 10.2 Å². The summed E-state index contributed by atoms with van der Waals surface area (Å²) in [6.07, 6.45) is 20.0. The van der Waals surface area contributed by atoms with Crippen molar-refractivity contribution in [3.05, 3.63) is 5.01 Å². The summed E-state index contributed by atoms with van der Waals surface area (Å²) in [5.74, 6) is 1.20. The molecule has 0 aromatic carbocycles. The van der Waals surface area contributed by atoms with Crippen LogP contribution in [-0.4, -0.2) is 16.0 Å². The summed E-state index contributed by atoms with van der Waals surface area (Å²) in [4.78, 5) is 0. The third-order valence-corrected chi connectivity index (χ3v) is 6.29. The molecule has 0 amide bonds. The van der Waals surface area contributed by atoms with Crippen LogP contribution in [0.15, 0.2) is 4.34 Å². The Morgan fingerprint density at radius 1 is 0.696 bits per heavy atom. The maximum absolute atomic E-state index is 4.15. The van der Waals surface area contributed by atoms with Crippen LogP contribution in [-0.2, 0) is 0 Å². The average molecular weight is 357 g/mol. The Kier molecular flexibility index (Phi) is 14.1. The first-order chi connectivity index (χ1) is 11.3. The van der Waals surface area contributed by atoms with E-state index in [-0.39, 0.29) is 0 Å². The van der Waals surface area contributed by atoms with Gasteiger partial charge in [0.15, 0.2) is 4.34 Å². The molecule has 0 aliphatic carbocycles. The van der Waals surface area contributed by atoms with Crippen molar-refractivity contribution in [1.29, 1.82) is 0 Å². The predicted octanol–water partition coefficient (Wildman–Crippen LogP) is 7.42. The lowest BCUT2D eigenvalue weighted by Crippen LogP contribution is -1.84. The van der Waals surface area contributed by atoms with E-state index in [1.54, 1.807) is 11.3 Å². The van der Waals surface area contributed by atoms with E-state index in [9.17, 15) is 0 Å². The van der Waals surface area contributed by atoms with E-state index in [4.69, 9.17) is 0 Å². The standard InChI is InChI=1S/C19H36N2S2/c1-3-4-5-6-7-8-9-10-11-12-13-14-15-16-17-22-19-21-20-18(2)23-19/h3-17H2,1-2H3. The topological polar surface area (TPSA) is 25.8 Å². The van der Waals surface area contributed by atoms with E-state index in [2.05, 4.69) is 17.1 Å². The number of nitrogens with zero attached hydrogens (tertiary/aromatic N) is 2. The van der Waals surface area contributed by atoms with Crippen LogP contribution in [0.5, 0.6) is 0 Å². The molecular weight excluding hydrogens is 320 g/mol. The summed E-state index contributed by atoms with van der Waals surface area (Å²) in [6.45, 7) is 4.31. The highest BCUT2D eigenvalue weighted by Crippen LogP contribution is 2.23. The van der Waals surface area contributed by atoms with E-state index < -0.39 is 0 Å². The molecule has 0 radical (unpaired) electrons. The molecule has 2 nitrogen and oxygen atoms in total. The fourth-order valence-corrected chi connectivity index (χ4v) is 4.68. The number of aryl methyl sites for hydroxylation is 1. The van der Waals surface area contributed by atoms with Crippen LogP contribution in [0.4, 0.5) is 0 Å². The molecule has 0 aliphatic heterocycles. The van der Waals surface area contributed by atoms with Crippen molar-refractivity contribution >= 4 is 23.1 Å². The molecule has 0 bridgehead atoms. The highest BCUT2D eigenvalue weighted by Gasteiger charge is 2.00. The van der Waals surface area contributed by atoms with Gasteiger partial charge in [-0.05, 0) is 13.3 Å². The van der Waals surface area contributed by atoms with Crippen LogP contribution in [0.2, 0.25) is 0 Å². The summed E-state index contributed by atoms with van der Waals surface area (Å²) in [5.41, 5.74) is 0. The van der Waals surface area contributed by atoms with Gasteiger partial charge in [-0.2, -0.15) is 0 Å².